The summed E-state index contributed by atoms with van der Waals surface area (Å²) in [7, 11) is 0. The van der Waals surface area contributed by atoms with E-state index < -0.39 is 0 Å². The van der Waals surface area contributed by atoms with Crippen LogP contribution in [0.2, 0.25) is 0 Å². The van der Waals surface area contributed by atoms with Crippen molar-refractivity contribution in [1.82, 2.24) is 10.3 Å². The summed E-state index contributed by atoms with van der Waals surface area (Å²) in [5.74, 6) is 0.259. The van der Waals surface area contributed by atoms with Gasteiger partial charge in [-0.2, -0.15) is 0 Å². The average molecular weight is 310 g/mol. The molecule has 1 atom stereocenters. The summed E-state index contributed by atoms with van der Waals surface area (Å²) >= 11 is 1.36. The second-order valence-corrected chi connectivity index (χ2v) is 6.75. The van der Waals surface area contributed by atoms with Gasteiger partial charge in [0.25, 0.3) is 5.91 Å². The van der Waals surface area contributed by atoms with E-state index in [-0.39, 0.29) is 11.9 Å². The number of nitrogens with two attached hydrogens (primary N) is 1. The zero-order valence-corrected chi connectivity index (χ0v) is 13.8. The maximum atomic E-state index is 12.4. The molecule has 5 nitrogen and oxygen atoms in total. The van der Waals surface area contributed by atoms with Crippen molar-refractivity contribution in [2.75, 3.05) is 11.1 Å². The quantitative estimate of drug-likeness (QED) is 0.653. The molecule has 0 radical (unpaired) electrons. The Bertz CT molecular complexity index is 470. The van der Waals surface area contributed by atoms with Gasteiger partial charge in [0, 0.05) is 12.1 Å². The van der Waals surface area contributed by atoms with Crippen LogP contribution in [0.4, 0.5) is 10.9 Å². The minimum atomic E-state index is -0.0802. The predicted molar refractivity (Wildman–Crippen MR) is 88.9 cm³/mol. The van der Waals surface area contributed by atoms with Gasteiger partial charge < -0.3 is 16.4 Å². The molecule has 1 aromatic heterocycles. The number of aromatic nitrogens is 1. The van der Waals surface area contributed by atoms with Crippen LogP contribution in [0.1, 0.15) is 68.5 Å². The molecule has 1 unspecified atom stereocenters. The van der Waals surface area contributed by atoms with Crippen LogP contribution in [0.15, 0.2) is 0 Å². The lowest BCUT2D eigenvalue weighted by atomic mass is 10.1. The van der Waals surface area contributed by atoms with Gasteiger partial charge in [0.15, 0.2) is 5.13 Å². The molecule has 1 heterocycles. The smallest absolute Gasteiger partial charge is 0.265 e. The van der Waals surface area contributed by atoms with Crippen molar-refractivity contribution in [2.45, 2.75) is 70.9 Å². The van der Waals surface area contributed by atoms with Crippen LogP contribution in [0, 0.1) is 0 Å². The molecule has 2 rings (SSSR count). The van der Waals surface area contributed by atoms with Crippen LogP contribution in [-0.4, -0.2) is 23.0 Å². The summed E-state index contributed by atoms with van der Waals surface area (Å²) in [5, 5.41) is 7.17. The Balaban J connectivity index is 1.95. The number of nitrogens with one attached hydrogen (secondary N) is 2. The molecule has 1 amide bonds. The molecule has 1 aliphatic carbocycles. The number of nitrogen functional groups attached to an aromatic ring is 1. The van der Waals surface area contributed by atoms with Crippen LogP contribution in [0.5, 0.6) is 0 Å². The van der Waals surface area contributed by atoms with E-state index in [1.165, 1.54) is 24.2 Å². The fraction of sp³-hybridized carbons (Fsp3) is 0.733. The first-order valence-electron chi connectivity index (χ1n) is 7.97. The summed E-state index contributed by atoms with van der Waals surface area (Å²) < 4.78 is 0. The highest BCUT2D eigenvalue weighted by Gasteiger charge is 2.24. The number of nitrogens with zero attached hydrogens (tertiary/aromatic N) is 1. The molecule has 1 saturated carbocycles. The minimum absolute atomic E-state index is 0.0802. The summed E-state index contributed by atoms with van der Waals surface area (Å²) in [4.78, 5) is 17.2. The SMILES string of the molecule is CCCCC(CCC)NC(=O)c1sc(NC2CC2)nc1N. The number of amides is 1. The first kappa shape index (κ1) is 16.1. The Morgan fingerprint density at radius 1 is 1.38 bits per heavy atom. The predicted octanol–water partition coefficient (Wildman–Crippen LogP) is 3.39. The van der Waals surface area contributed by atoms with Crippen molar-refractivity contribution in [2.24, 2.45) is 0 Å². The molecule has 4 N–H and O–H groups in total. The number of anilines is 2. The number of hydrogen-bond donors (Lipinski definition) is 3. The highest BCUT2D eigenvalue weighted by molar-refractivity contribution is 7.18. The van der Waals surface area contributed by atoms with E-state index in [9.17, 15) is 4.79 Å². The van der Waals surface area contributed by atoms with Gasteiger partial charge in [-0.25, -0.2) is 4.98 Å². The summed E-state index contributed by atoms with van der Waals surface area (Å²) in [6.45, 7) is 4.31. The second kappa shape index (κ2) is 7.64. The van der Waals surface area contributed by atoms with Gasteiger partial charge in [0.05, 0.1) is 0 Å². The topological polar surface area (TPSA) is 80.0 Å². The molecule has 0 spiro atoms. The molecule has 0 bridgehead atoms. The molecule has 0 saturated heterocycles. The number of unbranched alkanes of at least 4 members (excludes halogenated alkanes) is 1. The molecular formula is C15H26N4OS. The fourth-order valence-corrected chi connectivity index (χ4v) is 3.16. The van der Waals surface area contributed by atoms with Crippen molar-refractivity contribution in [3.63, 3.8) is 0 Å². The number of rotatable bonds is 9. The van der Waals surface area contributed by atoms with E-state index in [1.54, 1.807) is 0 Å². The van der Waals surface area contributed by atoms with Gasteiger partial charge in [-0.15, -0.1) is 0 Å². The lowest BCUT2D eigenvalue weighted by molar-refractivity contribution is 0.0937. The molecule has 0 aliphatic heterocycles. The molecular weight excluding hydrogens is 284 g/mol. The Morgan fingerprint density at radius 3 is 2.76 bits per heavy atom. The molecule has 1 aromatic rings. The van der Waals surface area contributed by atoms with Gasteiger partial charge in [0.1, 0.15) is 10.7 Å². The largest absolute Gasteiger partial charge is 0.382 e. The first-order chi connectivity index (χ1) is 10.1. The van der Waals surface area contributed by atoms with Gasteiger partial charge in [0.2, 0.25) is 0 Å². The lowest BCUT2D eigenvalue weighted by Gasteiger charge is -2.17. The van der Waals surface area contributed by atoms with Crippen molar-refractivity contribution in [3.8, 4) is 0 Å². The molecule has 21 heavy (non-hydrogen) atoms. The van der Waals surface area contributed by atoms with E-state index >= 15 is 0 Å². The monoisotopic (exact) mass is 310 g/mol. The third-order valence-electron chi connectivity index (χ3n) is 3.64. The van der Waals surface area contributed by atoms with E-state index in [4.69, 9.17) is 5.73 Å². The third-order valence-corrected chi connectivity index (χ3v) is 4.64. The van der Waals surface area contributed by atoms with Crippen LogP contribution >= 0.6 is 11.3 Å². The Kier molecular flexibility index (Phi) is 5.85. The summed E-state index contributed by atoms with van der Waals surface area (Å²) in [6, 6.07) is 0.757. The lowest BCUT2D eigenvalue weighted by Crippen LogP contribution is -2.34. The van der Waals surface area contributed by atoms with Crippen LogP contribution < -0.4 is 16.4 Å². The van der Waals surface area contributed by atoms with Crippen LogP contribution in [-0.2, 0) is 0 Å². The van der Waals surface area contributed by atoms with E-state index in [0.717, 1.165) is 37.2 Å². The maximum Gasteiger partial charge on any atom is 0.265 e. The fourth-order valence-electron chi connectivity index (χ4n) is 2.30. The summed E-state index contributed by atoms with van der Waals surface area (Å²) in [6.07, 6.45) is 7.75. The van der Waals surface area contributed by atoms with Crippen LogP contribution in [0.25, 0.3) is 0 Å². The van der Waals surface area contributed by atoms with Crippen molar-refractivity contribution in [1.29, 1.82) is 0 Å². The normalized spacial score (nSPS) is 15.7. The van der Waals surface area contributed by atoms with Gasteiger partial charge in [-0.1, -0.05) is 44.4 Å². The zero-order valence-electron chi connectivity index (χ0n) is 12.9. The Labute approximate surface area is 130 Å². The number of carbonyl (C=O) groups is 1. The molecule has 6 heteroatoms. The number of thiazole rings is 1. The van der Waals surface area contributed by atoms with Gasteiger partial charge in [-0.3, -0.25) is 4.79 Å². The molecule has 1 aliphatic rings. The summed E-state index contributed by atoms with van der Waals surface area (Å²) in [5.41, 5.74) is 5.89. The second-order valence-electron chi connectivity index (χ2n) is 5.75. The van der Waals surface area contributed by atoms with Crippen molar-refractivity contribution in [3.05, 3.63) is 4.88 Å². The first-order valence-corrected chi connectivity index (χ1v) is 8.79. The molecule has 0 aromatic carbocycles. The van der Waals surface area contributed by atoms with Crippen molar-refractivity contribution < 1.29 is 4.79 Å². The maximum absolute atomic E-state index is 12.4. The van der Waals surface area contributed by atoms with Gasteiger partial charge >= 0.3 is 0 Å². The van der Waals surface area contributed by atoms with Crippen LogP contribution in [0.3, 0.4) is 0 Å². The molecule has 118 valence electrons. The molecule has 1 fully saturated rings. The van der Waals surface area contributed by atoms with E-state index in [0.29, 0.717) is 16.7 Å². The highest BCUT2D eigenvalue weighted by Crippen LogP contribution is 2.30. The Morgan fingerprint density at radius 2 is 2.14 bits per heavy atom. The van der Waals surface area contributed by atoms with E-state index in [2.05, 4.69) is 29.5 Å². The van der Waals surface area contributed by atoms with E-state index in [1.807, 2.05) is 0 Å². The number of hydrogen-bond acceptors (Lipinski definition) is 5. The third kappa shape index (κ3) is 4.88. The Hall–Kier alpha value is -1.30. The zero-order chi connectivity index (χ0) is 15.2. The standard InChI is InChI=1S/C15H26N4OS/c1-3-5-7-10(6-4-2)17-14(20)12-13(16)19-15(21-12)18-11-8-9-11/h10-11H,3-9,16H2,1-2H3,(H,17,20)(H,18,19). The van der Waals surface area contributed by atoms with Crippen molar-refractivity contribution >= 4 is 28.2 Å². The van der Waals surface area contributed by atoms with Gasteiger partial charge in [-0.05, 0) is 25.7 Å². The minimum Gasteiger partial charge on any atom is -0.382 e. The number of carbonyl (C=O) groups excluding carboxylic acids is 1. The highest BCUT2D eigenvalue weighted by atomic mass is 32.1. The average Bonchev–Trinajstić information content (AvgIpc) is 3.18.